The Labute approximate surface area is 248 Å². The quantitative estimate of drug-likeness (QED) is 0.118. The molecule has 1 unspecified atom stereocenters. The van der Waals surface area contributed by atoms with Crippen LogP contribution in [0.15, 0.2) is 77.7 Å². The molecule has 4 N–H and O–H groups in total. The fourth-order valence-corrected chi connectivity index (χ4v) is 5.73. The molecule has 15 heteroatoms. The minimum atomic E-state index is -4.26. The molecule has 0 aliphatic carbocycles. The Morgan fingerprint density at radius 3 is 2.49 bits per heavy atom. The lowest BCUT2D eigenvalue weighted by Crippen LogP contribution is -2.46. The summed E-state index contributed by atoms with van der Waals surface area (Å²) in [5, 5.41) is 24.5. The summed E-state index contributed by atoms with van der Waals surface area (Å²) in [7, 11) is -4.26. The van der Waals surface area contributed by atoms with Gasteiger partial charge in [-0.2, -0.15) is 10.1 Å². The number of aliphatic hydroxyl groups is 2. The zero-order valence-electron chi connectivity index (χ0n) is 23.9. The third kappa shape index (κ3) is 8.27. The van der Waals surface area contributed by atoms with Gasteiger partial charge in [0.2, 0.25) is 0 Å². The summed E-state index contributed by atoms with van der Waals surface area (Å²) in [5.41, 5.74) is 0.730. The van der Waals surface area contributed by atoms with Crippen molar-refractivity contribution in [2.24, 2.45) is 0 Å². The third-order valence-corrected chi connectivity index (χ3v) is 8.11. The minimum absolute atomic E-state index is 0.111. The highest BCUT2D eigenvalue weighted by molar-refractivity contribution is 7.52. The largest absolute Gasteiger partial charge is 0.465 e. The van der Waals surface area contributed by atoms with Gasteiger partial charge < -0.3 is 24.2 Å². The van der Waals surface area contributed by atoms with Gasteiger partial charge >= 0.3 is 19.4 Å². The van der Waals surface area contributed by atoms with Gasteiger partial charge in [-0.15, -0.1) is 0 Å². The van der Waals surface area contributed by atoms with Crippen LogP contribution in [0.2, 0.25) is 0 Å². The number of benzene rings is 2. The maximum absolute atomic E-state index is 13.7. The predicted octanol–water partition coefficient (Wildman–Crippen LogP) is 2.54. The molecular formula is C28H35N4O10P. The van der Waals surface area contributed by atoms with E-state index >= 15 is 0 Å². The molecule has 4 rings (SSSR count). The fraction of sp³-hybridized carbons (Fsp3) is 0.393. The molecule has 1 aromatic heterocycles. The number of para-hydroxylation sites is 1. The molecular weight excluding hydrogens is 583 g/mol. The number of nitrogens with one attached hydrogen (secondary N) is 2. The molecule has 0 amide bonds. The molecule has 2 heterocycles. The van der Waals surface area contributed by atoms with E-state index in [0.29, 0.717) is 0 Å². The molecule has 1 fully saturated rings. The molecule has 232 valence electrons. The second-order valence-corrected chi connectivity index (χ2v) is 11.6. The lowest BCUT2D eigenvalue weighted by molar-refractivity contribution is -0.144. The maximum Gasteiger partial charge on any atom is 0.459 e. The minimum Gasteiger partial charge on any atom is -0.465 e. The molecule has 0 spiro atoms. The van der Waals surface area contributed by atoms with Crippen LogP contribution in [0, 0.1) is 0 Å². The van der Waals surface area contributed by atoms with Gasteiger partial charge in [0.1, 0.15) is 29.6 Å². The van der Waals surface area contributed by atoms with Crippen LogP contribution in [0.1, 0.15) is 32.6 Å². The molecule has 1 aliphatic rings. The van der Waals surface area contributed by atoms with Crippen LogP contribution in [-0.2, 0) is 34.8 Å². The van der Waals surface area contributed by atoms with Crippen LogP contribution >= 0.6 is 7.75 Å². The molecule has 43 heavy (non-hydrogen) atoms. The van der Waals surface area contributed by atoms with E-state index in [0.717, 1.165) is 10.1 Å². The standard InChI is InChI=1S/C28H35N4O10P/c1-4-38-25(34)19(2)31-43(37,42-21-13-9-6-10-14-21)40-18-22-24(33)28(3,36)26(41-22)32-16-15-23(29-27(32)35)30-39-17-20-11-7-5-8-12-20/h5-16,19,22,24,26,33,36H,4,17-18H2,1-3H3,(H,31,37)(H,29,30,35)/t19-,22+,24+,26+,28+,43?/m0/s1. The van der Waals surface area contributed by atoms with Crippen molar-refractivity contribution in [2.75, 3.05) is 18.7 Å². The number of carbonyl (C=O) groups excluding carboxylic acids is 1. The van der Waals surface area contributed by atoms with E-state index in [1.54, 1.807) is 37.3 Å². The Bertz CT molecular complexity index is 1460. The summed E-state index contributed by atoms with van der Waals surface area (Å²) in [6, 6.07) is 17.9. The third-order valence-electron chi connectivity index (χ3n) is 6.47. The van der Waals surface area contributed by atoms with Gasteiger partial charge in [0.25, 0.3) is 0 Å². The average molecular weight is 619 g/mol. The second kappa shape index (κ2) is 14.2. The van der Waals surface area contributed by atoms with Crippen molar-refractivity contribution in [3.63, 3.8) is 0 Å². The van der Waals surface area contributed by atoms with E-state index in [4.69, 9.17) is 23.4 Å². The van der Waals surface area contributed by atoms with E-state index in [1.807, 2.05) is 30.3 Å². The SMILES string of the molecule is CCOC(=O)[C@H](C)NP(=O)(OC[C@H]1O[C@@H](n2ccc(NOCc3ccccc3)nc2=O)[C@](C)(O)[C@@H]1O)Oc1ccccc1. The first-order valence-corrected chi connectivity index (χ1v) is 15.1. The topological polar surface area (TPSA) is 180 Å². The highest BCUT2D eigenvalue weighted by atomic mass is 31.2. The van der Waals surface area contributed by atoms with Crippen LogP contribution in [0.3, 0.4) is 0 Å². The van der Waals surface area contributed by atoms with Gasteiger partial charge in [0.15, 0.2) is 12.0 Å². The van der Waals surface area contributed by atoms with Gasteiger partial charge in [-0.25, -0.2) is 14.8 Å². The number of hydrogen-bond acceptors (Lipinski definition) is 12. The Balaban J connectivity index is 1.44. The number of esters is 1. The van der Waals surface area contributed by atoms with Crippen molar-refractivity contribution < 1.29 is 42.9 Å². The van der Waals surface area contributed by atoms with E-state index in [1.165, 1.54) is 26.1 Å². The van der Waals surface area contributed by atoms with Crippen LogP contribution in [-0.4, -0.2) is 62.8 Å². The zero-order chi connectivity index (χ0) is 31.0. The van der Waals surface area contributed by atoms with E-state index in [9.17, 15) is 24.4 Å². The maximum atomic E-state index is 13.7. The van der Waals surface area contributed by atoms with Crippen molar-refractivity contribution in [2.45, 2.75) is 57.5 Å². The first-order chi connectivity index (χ1) is 20.5. The van der Waals surface area contributed by atoms with Gasteiger partial charge in [-0.3, -0.25) is 18.7 Å². The predicted molar refractivity (Wildman–Crippen MR) is 154 cm³/mol. The monoisotopic (exact) mass is 618 g/mol. The van der Waals surface area contributed by atoms with Crippen LogP contribution in [0.4, 0.5) is 5.82 Å². The van der Waals surface area contributed by atoms with Crippen LogP contribution < -0.4 is 20.8 Å². The average Bonchev–Trinajstić information content (AvgIpc) is 3.21. The first kappa shape index (κ1) is 32.3. The number of carbonyl (C=O) groups is 1. The number of nitrogens with zero attached hydrogens (tertiary/aromatic N) is 2. The molecule has 0 bridgehead atoms. The van der Waals surface area contributed by atoms with Gasteiger partial charge in [0.05, 0.1) is 19.8 Å². The van der Waals surface area contributed by atoms with Crippen LogP contribution in [0.25, 0.3) is 0 Å². The van der Waals surface area contributed by atoms with Gasteiger partial charge in [-0.05, 0) is 44.5 Å². The summed E-state index contributed by atoms with van der Waals surface area (Å²) in [6.45, 7) is 4.13. The van der Waals surface area contributed by atoms with Crippen molar-refractivity contribution >= 4 is 19.5 Å². The summed E-state index contributed by atoms with van der Waals surface area (Å²) in [4.78, 5) is 34.3. The summed E-state index contributed by atoms with van der Waals surface area (Å²) < 4.78 is 36.7. The van der Waals surface area contributed by atoms with Gasteiger partial charge in [-0.1, -0.05) is 48.5 Å². The molecule has 0 radical (unpaired) electrons. The smallest absolute Gasteiger partial charge is 0.459 e. The Morgan fingerprint density at radius 1 is 1.16 bits per heavy atom. The molecule has 2 aromatic carbocycles. The summed E-state index contributed by atoms with van der Waals surface area (Å²) in [6.07, 6.45) is -2.89. The molecule has 6 atom stereocenters. The van der Waals surface area contributed by atoms with Crippen molar-refractivity contribution in [1.82, 2.24) is 14.6 Å². The number of rotatable bonds is 14. The Kier molecular flexibility index (Phi) is 10.7. The highest BCUT2D eigenvalue weighted by Crippen LogP contribution is 2.46. The molecule has 14 nitrogen and oxygen atoms in total. The van der Waals surface area contributed by atoms with Crippen molar-refractivity contribution in [3.05, 3.63) is 89.0 Å². The molecule has 3 aromatic rings. The number of anilines is 1. The molecule has 1 saturated heterocycles. The Hall–Kier alpha value is -3.62. The van der Waals surface area contributed by atoms with Crippen molar-refractivity contribution in [3.8, 4) is 5.75 Å². The fourth-order valence-electron chi connectivity index (χ4n) is 4.23. The number of hydrogen-bond donors (Lipinski definition) is 4. The molecule has 1 aliphatic heterocycles. The second-order valence-electron chi connectivity index (χ2n) is 9.88. The van der Waals surface area contributed by atoms with E-state index in [-0.39, 0.29) is 24.8 Å². The van der Waals surface area contributed by atoms with E-state index in [2.05, 4.69) is 15.6 Å². The molecule has 0 saturated carbocycles. The zero-order valence-corrected chi connectivity index (χ0v) is 24.8. The van der Waals surface area contributed by atoms with Crippen molar-refractivity contribution in [1.29, 1.82) is 0 Å². The normalized spacial score (nSPS) is 23.7. The highest BCUT2D eigenvalue weighted by Gasteiger charge is 2.54. The van der Waals surface area contributed by atoms with E-state index < -0.39 is 56.1 Å². The van der Waals surface area contributed by atoms with Crippen LogP contribution in [0.5, 0.6) is 5.75 Å². The Morgan fingerprint density at radius 2 is 1.84 bits per heavy atom. The number of aromatic nitrogens is 2. The number of aliphatic hydroxyl groups excluding tert-OH is 1. The van der Waals surface area contributed by atoms with Gasteiger partial charge in [0, 0.05) is 6.20 Å². The summed E-state index contributed by atoms with van der Waals surface area (Å²) >= 11 is 0. The first-order valence-electron chi connectivity index (χ1n) is 13.5. The summed E-state index contributed by atoms with van der Waals surface area (Å²) in [5.74, 6) is -0.374. The lowest BCUT2D eigenvalue weighted by Gasteiger charge is -2.27. The lowest BCUT2D eigenvalue weighted by atomic mass is 9.96. The number of ether oxygens (including phenoxy) is 2.